The van der Waals surface area contributed by atoms with E-state index in [2.05, 4.69) is 0 Å². The number of benzene rings is 1. The van der Waals surface area contributed by atoms with E-state index < -0.39 is 11.6 Å². The molecule has 0 saturated carbocycles. The molecule has 2 saturated heterocycles. The van der Waals surface area contributed by atoms with Crippen LogP contribution in [0.15, 0.2) is 12.1 Å². The standard InChI is InChI=1S/C16H21F2N3O/c1-12(22)19-6-8-21(9-7-19)16-14(17)10-13(11-15(16)18)20-4-2-3-5-20/h10-11H,2-9H2,1H3. The van der Waals surface area contributed by atoms with Crippen LogP contribution >= 0.6 is 0 Å². The molecule has 6 heteroatoms. The number of halogens is 2. The zero-order chi connectivity index (χ0) is 15.7. The first-order chi connectivity index (χ1) is 10.6. The fourth-order valence-corrected chi connectivity index (χ4v) is 3.26. The van der Waals surface area contributed by atoms with Crippen LogP contribution in [0.4, 0.5) is 20.2 Å². The molecule has 0 N–H and O–H groups in total. The zero-order valence-electron chi connectivity index (χ0n) is 12.8. The van der Waals surface area contributed by atoms with Gasteiger partial charge in [0.1, 0.15) is 5.69 Å². The van der Waals surface area contributed by atoms with E-state index in [0.717, 1.165) is 25.9 Å². The fourth-order valence-electron chi connectivity index (χ4n) is 3.26. The van der Waals surface area contributed by atoms with Crippen LogP contribution in [0.1, 0.15) is 19.8 Å². The summed E-state index contributed by atoms with van der Waals surface area (Å²) in [7, 11) is 0. The Balaban J connectivity index is 1.78. The maximum atomic E-state index is 14.4. The SMILES string of the molecule is CC(=O)N1CCN(c2c(F)cc(N3CCCC3)cc2F)CC1. The van der Waals surface area contributed by atoms with E-state index in [1.54, 1.807) is 9.80 Å². The summed E-state index contributed by atoms with van der Waals surface area (Å²) < 4.78 is 28.8. The van der Waals surface area contributed by atoms with Gasteiger partial charge >= 0.3 is 0 Å². The molecule has 0 aliphatic carbocycles. The Labute approximate surface area is 129 Å². The lowest BCUT2D eigenvalue weighted by atomic mass is 10.2. The highest BCUT2D eigenvalue weighted by molar-refractivity contribution is 5.73. The molecule has 0 unspecified atom stereocenters. The van der Waals surface area contributed by atoms with Crippen molar-refractivity contribution in [2.45, 2.75) is 19.8 Å². The van der Waals surface area contributed by atoms with Gasteiger partial charge in [-0.25, -0.2) is 8.78 Å². The highest BCUT2D eigenvalue weighted by atomic mass is 19.1. The second-order valence-corrected chi connectivity index (χ2v) is 5.95. The molecule has 120 valence electrons. The molecule has 1 aromatic rings. The van der Waals surface area contributed by atoms with Crippen LogP contribution in [0, 0.1) is 11.6 Å². The number of anilines is 2. The normalized spacial score (nSPS) is 19.0. The zero-order valence-corrected chi connectivity index (χ0v) is 12.8. The van der Waals surface area contributed by atoms with E-state index in [1.165, 1.54) is 19.1 Å². The first kappa shape index (κ1) is 15.1. The van der Waals surface area contributed by atoms with Gasteiger partial charge < -0.3 is 14.7 Å². The fraction of sp³-hybridized carbons (Fsp3) is 0.562. The molecule has 0 atom stereocenters. The Morgan fingerprint density at radius 1 is 0.909 bits per heavy atom. The summed E-state index contributed by atoms with van der Waals surface area (Å²) in [6.45, 7) is 5.14. The van der Waals surface area contributed by atoms with E-state index in [0.29, 0.717) is 31.9 Å². The quantitative estimate of drug-likeness (QED) is 0.838. The van der Waals surface area contributed by atoms with Crippen molar-refractivity contribution in [3.63, 3.8) is 0 Å². The topological polar surface area (TPSA) is 26.8 Å². The lowest BCUT2D eigenvalue weighted by molar-refractivity contribution is -0.129. The van der Waals surface area contributed by atoms with Gasteiger partial charge in [-0.1, -0.05) is 0 Å². The van der Waals surface area contributed by atoms with Crippen molar-refractivity contribution >= 4 is 17.3 Å². The monoisotopic (exact) mass is 309 g/mol. The Hall–Kier alpha value is -1.85. The van der Waals surface area contributed by atoms with Crippen LogP contribution in [-0.2, 0) is 4.79 Å². The van der Waals surface area contributed by atoms with Crippen LogP contribution < -0.4 is 9.80 Å². The molecule has 0 spiro atoms. The largest absolute Gasteiger partial charge is 0.371 e. The highest BCUT2D eigenvalue weighted by Gasteiger charge is 2.25. The first-order valence-electron chi connectivity index (χ1n) is 7.80. The number of carbonyl (C=O) groups is 1. The molecule has 0 aromatic heterocycles. The van der Waals surface area contributed by atoms with Crippen molar-refractivity contribution in [1.82, 2.24) is 4.90 Å². The molecule has 1 amide bonds. The summed E-state index contributed by atoms with van der Waals surface area (Å²) in [6, 6.07) is 2.86. The number of carbonyl (C=O) groups excluding carboxylic acids is 1. The first-order valence-corrected chi connectivity index (χ1v) is 7.80. The maximum absolute atomic E-state index is 14.4. The number of hydrogen-bond acceptors (Lipinski definition) is 3. The summed E-state index contributed by atoms with van der Waals surface area (Å²) >= 11 is 0. The summed E-state index contributed by atoms with van der Waals surface area (Å²) in [5.74, 6) is -1.03. The predicted octanol–water partition coefficient (Wildman–Crippen LogP) is 2.23. The average Bonchev–Trinajstić information content (AvgIpc) is 3.01. The van der Waals surface area contributed by atoms with E-state index in [4.69, 9.17) is 0 Å². The summed E-state index contributed by atoms with van der Waals surface area (Å²) in [6.07, 6.45) is 2.13. The molecular weight excluding hydrogens is 288 g/mol. The van der Waals surface area contributed by atoms with Crippen LogP contribution in [0.5, 0.6) is 0 Å². The Morgan fingerprint density at radius 2 is 1.45 bits per heavy atom. The number of nitrogens with zero attached hydrogens (tertiary/aromatic N) is 3. The molecular formula is C16H21F2N3O. The molecule has 2 aliphatic heterocycles. The third-order valence-electron chi connectivity index (χ3n) is 4.51. The summed E-state index contributed by atoms with van der Waals surface area (Å²) in [5.41, 5.74) is 0.657. The molecule has 1 aromatic carbocycles. The van der Waals surface area contributed by atoms with Crippen molar-refractivity contribution in [2.24, 2.45) is 0 Å². The van der Waals surface area contributed by atoms with Crippen molar-refractivity contribution in [3.05, 3.63) is 23.8 Å². The minimum absolute atomic E-state index is 0.00461. The van der Waals surface area contributed by atoms with E-state index in [-0.39, 0.29) is 11.6 Å². The Bertz CT molecular complexity index is 542. The van der Waals surface area contributed by atoms with Crippen molar-refractivity contribution in [1.29, 1.82) is 0 Å². The van der Waals surface area contributed by atoms with E-state index >= 15 is 0 Å². The molecule has 4 nitrogen and oxygen atoms in total. The summed E-state index contributed by atoms with van der Waals surface area (Å²) in [4.78, 5) is 16.7. The molecule has 3 rings (SSSR count). The van der Waals surface area contributed by atoms with E-state index in [9.17, 15) is 13.6 Å². The molecule has 2 fully saturated rings. The number of piperazine rings is 1. The number of amides is 1. The summed E-state index contributed by atoms with van der Waals surface area (Å²) in [5, 5.41) is 0. The van der Waals surface area contributed by atoms with Crippen LogP contribution in [-0.4, -0.2) is 50.1 Å². The van der Waals surface area contributed by atoms with Crippen molar-refractivity contribution in [3.8, 4) is 0 Å². The Kier molecular flexibility index (Phi) is 4.18. The van der Waals surface area contributed by atoms with E-state index in [1.807, 2.05) is 4.90 Å². The Morgan fingerprint density at radius 3 is 1.95 bits per heavy atom. The second-order valence-electron chi connectivity index (χ2n) is 5.95. The molecule has 2 heterocycles. The number of rotatable bonds is 2. The molecule has 2 aliphatic rings. The maximum Gasteiger partial charge on any atom is 0.219 e. The van der Waals surface area contributed by atoms with Crippen molar-refractivity contribution < 1.29 is 13.6 Å². The second kappa shape index (κ2) is 6.10. The average molecular weight is 309 g/mol. The van der Waals surface area contributed by atoms with Gasteiger partial charge in [0, 0.05) is 51.9 Å². The van der Waals surface area contributed by atoms with Crippen LogP contribution in [0.25, 0.3) is 0 Å². The van der Waals surface area contributed by atoms with Crippen molar-refractivity contribution in [2.75, 3.05) is 49.1 Å². The number of hydrogen-bond donors (Lipinski definition) is 0. The molecule has 0 radical (unpaired) electrons. The predicted molar refractivity (Wildman–Crippen MR) is 82.3 cm³/mol. The van der Waals surface area contributed by atoms with Gasteiger partial charge in [-0.15, -0.1) is 0 Å². The third-order valence-corrected chi connectivity index (χ3v) is 4.51. The minimum Gasteiger partial charge on any atom is -0.371 e. The molecule has 22 heavy (non-hydrogen) atoms. The highest BCUT2D eigenvalue weighted by Crippen LogP contribution is 2.31. The van der Waals surface area contributed by atoms with Gasteiger partial charge in [-0.3, -0.25) is 4.79 Å². The van der Waals surface area contributed by atoms with Gasteiger partial charge in [-0.05, 0) is 25.0 Å². The van der Waals surface area contributed by atoms with Gasteiger partial charge in [0.25, 0.3) is 0 Å². The smallest absolute Gasteiger partial charge is 0.219 e. The van der Waals surface area contributed by atoms with Gasteiger partial charge in [0.2, 0.25) is 5.91 Å². The lowest BCUT2D eigenvalue weighted by Gasteiger charge is -2.36. The molecule has 0 bridgehead atoms. The third kappa shape index (κ3) is 2.87. The van der Waals surface area contributed by atoms with Crippen LogP contribution in [0.3, 0.4) is 0 Å². The van der Waals surface area contributed by atoms with Gasteiger partial charge in [0.05, 0.1) is 0 Å². The van der Waals surface area contributed by atoms with Gasteiger partial charge in [-0.2, -0.15) is 0 Å². The van der Waals surface area contributed by atoms with Crippen LogP contribution in [0.2, 0.25) is 0 Å². The van der Waals surface area contributed by atoms with Gasteiger partial charge in [0.15, 0.2) is 11.6 Å². The lowest BCUT2D eigenvalue weighted by Crippen LogP contribution is -2.48. The minimum atomic E-state index is -0.516.